The summed E-state index contributed by atoms with van der Waals surface area (Å²) in [6, 6.07) is 23.6. The van der Waals surface area contributed by atoms with E-state index in [1.165, 1.54) is 5.56 Å². The number of rotatable bonds is 7. The van der Waals surface area contributed by atoms with Crippen LogP contribution in [0.5, 0.6) is 5.75 Å². The van der Waals surface area contributed by atoms with Crippen LogP contribution in [0.25, 0.3) is 22.2 Å². The molecule has 6 nitrogen and oxygen atoms in total. The first-order valence-corrected chi connectivity index (χ1v) is 11.7. The smallest absolute Gasteiger partial charge is 0.411 e. The maximum atomic E-state index is 12.5. The van der Waals surface area contributed by atoms with Gasteiger partial charge in [0.15, 0.2) is 0 Å². The van der Waals surface area contributed by atoms with Gasteiger partial charge in [0.25, 0.3) is 0 Å². The van der Waals surface area contributed by atoms with Crippen molar-refractivity contribution in [2.45, 2.75) is 39.8 Å². The van der Waals surface area contributed by atoms with E-state index in [-0.39, 0.29) is 6.61 Å². The predicted molar refractivity (Wildman–Crippen MR) is 139 cm³/mol. The van der Waals surface area contributed by atoms with Crippen LogP contribution < -0.4 is 10.1 Å². The number of hydrogen-bond donors (Lipinski definition) is 1. The van der Waals surface area contributed by atoms with Gasteiger partial charge < -0.3 is 14.0 Å². The number of methoxy groups -OCH3 is 1. The zero-order valence-electron chi connectivity index (χ0n) is 20.5. The van der Waals surface area contributed by atoms with Gasteiger partial charge in [0.1, 0.15) is 18.4 Å². The van der Waals surface area contributed by atoms with Crippen molar-refractivity contribution in [2.24, 2.45) is 0 Å². The Hall–Kier alpha value is -4.24. The summed E-state index contributed by atoms with van der Waals surface area (Å²) in [5.41, 5.74) is 5.93. The number of aryl methyl sites for hydroxylation is 1. The summed E-state index contributed by atoms with van der Waals surface area (Å²) in [6.07, 6.45) is -0.531. The largest absolute Gasteiger partial charge is 0.497 e. The Morgan fingerprint density at radius 1 is 1.09 bits per heavy atom. The molecule has 3 aromatic carbocycles. The Balaban J connectivity index is 1.56. The van der Waals surface area contributed by atoms with Crippen molar-refractivity contribution in [2.75, 3.05) is 12.4 Å². The second kappa shape index (κ2) is 10.4. The van der Waals surface area contributed by atoms with Crippen molar-refractivity contribution in [3.8, 4) is 23.1 Å². The summed E-state index contributed by atoms with van der Waals surface area (Å²) in [5, 5.41) is 13.6. The third-order valence-corrected chi connectivity index (χ3v) is 6.10. The quantitative estimate of drug-likeness (QED) is 0.315. The third-order valence-electron chi connectivity index (χ3n) is 6.10. The van der Waals surface area contributed by atoms with Gasteiger partial charge >= 0.3 is 6.09 Å². The molecule has 0 spiro atoms. The van der Waals surface area contributed by atoms with Crippen LogP contribution in [0, 0.1) is 11.3 Å². The topological polar surface area (TPSA) is 76.3 Å². The minimum Gasteiger partial charge on any atom is -0.497 e. The molecule has 1 aromatic heterocycles. The third kappa shape index (κ3) is 4.99. The predicted octanol–water partition coefficient (Wildman–Crippen LogP) is 7.08. The number of amides is 1. The maximum absolute atomic E-state index is 12.5. The Bertz CT molecular complexity index is 1400. The van der Waals surface area contributed by atoms with Gasteiger partial charge in [0.2, 0.25) is 0 Å². The molecule has 35 heavy (non-hydrogen) atoms. The summed E-state index contributed by atoms with van der Waals surface area (Å²) in [6.45, 7) is 7.19. The van der Waals surface area contributed by atoms with Crippen LogP contribution in [-0.2, 0) is 17.9 Å². The second-order valence-electron chi connectivity index (χ2n) is 8.64. The molecule has 1 amide bonds. The molecule has 0 aliphatic carbocycles. The first-order chi connectivity index (χ1) is 16.9. The standard InChI is InChI=1S/C29H29N3O3/c1-5-32-27-16-24(34-4)13-14-25(27)26(17-30)28(32)22-7-6-8-23(15-22)31-29(33)35-18-20-9-11-21(12-10-20)19(2)3/h6-16,19H,5,18H2,1-4H3,(H,31,33). The van der Waals surface area contributed by atoms with Gasteiger partial charge in [-0.05, 0) is 48.2 Å². The molecule has 0 aliphatic heterocycles. The summed E-state index contributed by atoms with van der Waals surface area (Å²) in [7, 11) is 1.63. The van der Waals surface area contributed by atoms with Gasteiger partial charge in [-0.2, -0.15) is 5.26 Å². The van der Waals surface area contributed by atoms with Crippen molar-refractivity contribution in [3.05, 3.63) is 83.4 Å². The van der Waals surface area contributed by atoms with Crippen molar-refractivity contribution in [3.63, 3.8) is 0 Å². The lowest BCUT2D eigenvalue weighted by Gasteiger charge is -2.12. The van der Waals surface area contributed by atoms with Crippen molar-refractivity contribution >= 4 is 22.7 Å². The zero-order chi connectivity index (χ0) is 24.9. The minimum absolute atomic E-state index is 0.189. The van der Waals surface area contributed by atoms with Crippen molar-refractivity contribution in [1.29, 1.82) is 5.26 Å². The molecular weight excluding hydrogens is 438 g/mol. The first kappa shape index (κ1) is 23.9. The highest BCUT2D eigenvalue weighted by atomic mass is 16.5. The summed E-state index contributed by atoms with van der Waals surface area (Å²) in [5.74, 6) is 1.19. The molecule has 0 saturated carbocycles. The van der Waals surface area contributed by atoms with Crippen LogP contribution in [0.4, 0.5) is 10.5 Å². The van der Waals surface area contributed by atoms with Crippen molar-refractivity contribution in [1.82, 2.24) is 4.57 Å². The van der Waals surface area contributed by atoms with E-state index < -0.39 is 6.09 Å². The molecule has 178 valence electrons. The highest BCUT2D eigenvalue weighted by Gasteiger charge is 2.19. The number of anilines is 1. The van der Waals surface area contributed by atoms with Crippen LogP contribution in [0.2, 0.25) is 0 Å². The molecular formula is C29H29N3O3. The molecule has 0 unspecified atom stereocenters. The molecule has 4 aromatic rings. The van der Waals surface area contributed by atoms with Crippen LogP contribution in [0.3, 0.4) is 0 Å². The number of ether oxygens (including phenoxy) is 2. The molecule has 0 atom stereocenters. The Kier molecular flexibility index (Phi) is 7.07. The van der Waals surface area contributed by atoms with Gasteiger partial charge in [-0.25, -0.2) is 4.79 Å². The highest BCUT2D eigenvalue weighted by molar-refractivity contribution is 5.96. The molecule has 0 bridgehead atoms. The highest BCUT2D eigenvalue weighted by Crippen LogP contribution is 2.36. The number of nitrogens with one attached hydrogen (secondary N) is 1. The second-order valence-corrected chi connectivity index (χ2v) is 8.64. The average Bonchev–Trinajstić information content (AvgIpc) is 3.20. The number of aromatic nitrogens is 1. The molecule has 1 N–H and O–H groups in total. The maximum Gasteiger partial charge on any atom is 0.411 e. The van der Waals surface area contributed by atoms with E-state index in [4.69, 9.17) is 9.47 Å². The lowest BCUT2D eigenvalue weighted by atomic mass is 10.0. The molecule has 0 fully saturated rings. The number of fused-ring (bicyclic) bond motifs is 1. The number of benzene rings is 3. The molecule has 0 saturated heterocycles. The Labute approximate surface area is 205 Å². The fourth-order valence-electron chi connectivity index (χ4n) is 4.24. The fraction of sp³-hybridized carbons (Fsp3) is 0.241. The molecule has 4 rings (SSSR count). The van der Waals surface area contributed by atoms with E-state index in [2.05, 4.69) is 41.9 Å². The monoisotopic (exact) mass is 467 g/mol. The summed E-state index contributed by atoms with van der Waals surface area (Å²) >= 11 is 0. The molecule has 0 radical (unpaired) electrons. The lowest BCUT2D eigenvalue weighted by Crippen LogP contribution is -2.13. The van der Waals surface area contributed by atoms with E-state index in [9.17, 15) is 10.1 Å². The molecule has 0 aliphatic rings. The van der Waals surface area contributed by atoms with Crippen LogP contribution in [-0.4, -0.2) is 17.8 Å². The van der Waals surface area contributed by atoms with Crippen molar-refractivity contribution < 1.29 is 14.3 Å². The lowest BCUT2D eigenvalue weighted by molar-refractivity contribution is 0.155. The molecule has 6 heteroatoms. The van der Waals surface area contributed by atoms with Gasteiger partial charge in [-0.1, -0.05) is 50.2 Å². The van der Waals surface area contributed by atoms with E-state index in [1.807, 2.05) is 55.5 Å². The van der Waals surface area contributed by atoms with Gasteiger partial charge in [0, 0.05) is 29.2 Å². The van der Waals surface area contributed by atoms with Crippen LogP contribution in [0.1, 0.15) is 43.4 Å². The van der Waals surface area contributed by atoms with E-state index >= 15 is 0 Å². The number of carbonyl (C=O) groups excluding carboxylic acids is 1. The van der Waals surface area contributed by atoms with Crippen LogP contribution in [0.15, 0.2) is 66.7 Å². The normalized spacial score (nSPS) is 10.9. The van der Waals surface area contributed by atoms with E-state index in [1.54, 1.807) is 13.2 Å². The first-order valence-electron chi connectivity index (χ1n) is 11.7. The Morgan fingerprint density at radius 2 is 1.86 bits per heavy atom. The van der Waals surface area contributed by atoms with Gasteiger partial charge in [0.05, 0.1) is 23.9 Å². The van der Waals surface area contributed by atoms with E-state index in [0.29, 0.717) is 23.7 Å². The fourth-order valence-corrected chi connectivity index (χ4v) is 4.24. The molecule has 1 heterocycles. The number of nitriles is 1. The Morgan fingerprint density at radius 3 is 2.51 bits per heavy atom. The minimum atomic E-state index is -0.531. The summed E-state index contributed by atoms with van der Waals surface area (Å²) < 4.78 is 12.9. The van der Waals surface area contributed by atoms with E-state index in [0.717, 1.165) is 33.5 Å². The number of nitrogens with zero attached hydrogens (tertiary/aromatic N) is 2. The average molecular weight is 468 g/mol. The number of hydrogen-bond acceptors (Lipinski definition) is 4. The van der Waals surface area contributed by atoms with Gasteiger partial charge in [-0.3, -0.25) is 5.32 Å². The summed E-state index contributed by atoms with van der Waals surface area (Å²) in [4.78, 5) is 12.5. The van der Waals surface area contributed by atoms with Crippen LogP contribution >= 0.6 is 0 Å². The SMILES string of the molecule is CCn1c(-c2cccc(NC(=O)OCc3ccc(C(C)C)cc3)c2)c(C#N)c2ccc(OC)cc21. The number of carbonyl (C=O) groups is 1. The van der Waals surface area contributed by atoms with Gasteiger partial charge in [-0.15, -0.1) is 0 Å². The zero-order valence-corrected chi connectivity index (χ0v) is 20.5.